The quantitative estimate of drug-likeness (QED) is 0.404. The van der Waals surface area contributed by atoms with Gasteiger partial charge in [-0.25, -0.2) is 9.59 Å². The lowest BCUT2D eigenvalue weighted by Gasteiger charge is -2.50. The number of carboxylic acid groups (broad SMARTS) is 1. The number of methoxy groups -OCH3 is 1. The van der Waals surface area contributed by atoms with Crippen LogP contribution in [-0.4, -0.2) is 57.7 Å². The smallest absolute Gasteiger partial charge is 0.339 e. The number of aromatic carboxylic acids is 1. The first-order valence-electron chi connectivity index (χ1n) is 9.69. The molecule has 2 aromatic carbocycles. The molecule has 1 saturated heterocycles. The molecule has 0 bridgehead atoms. The van der Waals surface area contributed by atoms with Gasteiger partial charge in [0.05, 0.1) is 16.8 Å². The maximum Gasteiger partial charge on any atom is 0.339 e. The van der Waals surface area contributed by atoms with E-state index < -0.39 is 28.9 Å². The van der Waals surface area contributed by atoms with E-state index in [0.29, 0.717) is 11.1 Å². The Morgan fingerprint density at radius 2 is 1.59 bits per heavy atom. The zero-order valence-electron chi connectivity index (χ0n) is 17.2. The highest BCUT2D eigenvalue weighted by Crippen LogP contribution is 2.46. The van der Waals surface area contributed by atoms with Crippen LogP contribution < -0.4 is 0 Å². The Kier molecular flexibility index (Phi) is 5.86. The molecule has 2 heterocycles. The summed E-state index contributed by atoms with van der Waals surface area (Å²) in [5, 5.41) is 8.51. The van der Waals surface area contributed by atoms with Gasteiger partial charge in [-0.05, 0) is 31.2 Å². The predicted octanol–water partition coefficient (Wildman–Crippen LogP) is 2.95. The molecule has 1 fully saturated rings. The molecule has 0 aliphatic carbocycles. The molecule has 0 saturated carbocycles. The molecular weight excluding hydrogens is 434 g/mol. The van der Waals surface area contributed by atoms with Gasteiger partial charge in [0.2, 0.25) is 5.78 Å². The average Bonchev–Trinajstić information content (AvgIpc) is 2.80. The number of ketones is 1. The van der Waals surface area contributed by atoms with E-state index in [4.69, 9.17) is 14.6 Å². The van der Waals surface area contributed by atoms with Crippen LogP contribution in [0.25, 0.3) is 0 Å². The van der Waals surface area contributed by atoms with Crippen molar-refractivity contribution in [2.45, 2.75) is 23.8 Å². The van der Waals surface area contributed by atoms with Crippen LogP contribution in [0.4, 0.5) is 0 Å². The Morgan fingerprint density at radius 1 is 0.969 bits per heavy atom. The second-order valence-electron chi connectivity index (χ2n) is 7.24. The molecule has 8 nitrogen and oxygen atoms in total. The minimum absolute atomic E-state index is 0.0481. The van der Waals surface area contributed by atoms with Crippen molar-refractivity contribution in [1.82, 2.24) is 4.90 Å². The van der Waals surface area contributed by atoms with Crippen LogP contribution in [0.1, 0.15) is 38.0 Å². The molecule has 0 aromatic heterocycles. The maximum absolute atomic E-state index is 13.2. The van der Waals surface area contributed by atoms with Crippen molar-refractivity contribution in [3.05, 3.63) is 82.6 Å². The SMILES string of the molecule is CO[C@H]1C(=O)N2C(C(=O)c3ccccc3)=C(C)C(OC(=O)c3ccc(C(=O)O)cc3)S[C@H]12. The number of carboxylic acids is 1. The molecule has 2 aliphatic heterocycles. The van der Waals surface area contributed by atoms with Crippen molar-refractivity contribution in [2.24, 2.45) is 0 Å². The summed E-state index contributed by atoms with van der Waals surface area (Å²) in [5.41, 5.74) is 0.435. The maximum atomic E-state index is 13.2. The highest BCUT2D eigenvalue weighted by Gasteiger charge is 2.56. The second kappa shape index (κ2) is 8.60. The third kappa shape index (κ3) is 3.69. The van der Waals surface area contributed by atoms with Gasteiger partial charge in [0.1, 0.15) is 5.37 Å². The molecule has 3 atom stereocenters. The van der Waals surface area contributed by atoms with Crippen molar-refractivity contribution in [3.63, 3.8) is 0 Å². The topological polar surface area (TPSA) is 110 Å². The summed E-state index contributed by atoms with van der Waals surface area (Å²) in [4.78, 5) is 51.0. The molecular formula is C23H19NO7S. The summed E-state index contributed by atoms with van der Waals surface area (Å²) in [5.74, 6) is -2.44. The fourth-order valence-corrected chi connectivity index (χ4v) is 5.01. The lowest BCUT2D eigenvalue weighted by atomic mass is 9.98. The summed E-state index contributed by atoms with van der Waals surface area (Å²) >= 11 is 1.21. The minimum Gasteiger partial charge on any atom is -0.478 e. The number of fused-ring (bicyclic) bond motifs is 1. The molecule has 4 rings (SSSR count). The first-order chi connectivity index (χ1) is 15.3. The number of nitrogens with zero attached hydrogens (tertiary/aromatic N) is 1. The van der Waals surface area contributed by atoms with E-state index in [1.165, 1.54) is 48.0 Å². The number of Topliss-reactive ketones (excluding diaryl/α,β-unsaturated/α-hetero) is 1. The van der Waals surface area contributed by atoms with Crippen LogP contribution in [0.15, 0.2) is 65.9 Å². The highest BCUT2D eigenvalue weighted by atomic mass is 32.2. The Hall–Kier alpha value is -3.43. The van der Waals surface area contributed by atoms with E-state index in [1.807, 2.05) is 0 Å². The van der Waals surface area contributed by atoms with Crippen LogP contribution in [-0.2, 0) is 14.3 Å². The summed E-state index contributed by atoms with van der Waals surface area (Å²) < 4.78 is 10.9. The molecule has 1 amide bonds. The van der Waals surface area contributed by atoms with Gasteiger partial charge in [-0.3, -0.25) is 14.5 Å². The van der Waals surface area contributed by atoms with Crippen LogP contribution in [0.3, 0.4) is 0 Å². The number of carbonyl (C=O) groups is 4. The number of ether oxygens (including phenoxy) is 2. The number of hydrogen-bond donors (Lipinski definition) is 1. The first-order valence-corrected chi connectivity index (χ1v) is 10.6. The third-order valence-electron chi connectivity index (χ3n) is 5.31. The summed E-state index contributed by atoms with van der Waals surface area (Å²) in [6, 6.07) is 13.9. The number of rotatable bonds is 6. The predicted molar refractivity (Wildman–Crippen MR) is 115 cm³/mol. The lowest BCUT2D eigenvalue weighted by molar-refractivity contribution is -0.158. The van der Waals surface area contributed by atoms with Crippen LogP contribution >= 0.6 is 11.8 Å². The van der Waals surface area contributed by atoms with E-state index in [2.05, 4.69) is 0 Å². The number of thioether (sulfide) groups is 1. The van der Waals surface area contributed by atoms with Crippen molar-refractivity contribution < 1.29 is 33.8 Å². The van der Waals surface area contributed by atoms with Gasteiger partial charge in [-0.2, -0.15) is 0 Å². The van der Waals surface area contributed by atoms with Crippen molar-refractivity contribution in [3.8, 4) is 0 Å². The Labute approximate surface area is 187 Å². The van der Waals surface area contributed by atoms with Gasteiger partial charge in [0.25, 0.3) is 5.91 Å². The molecule has 32 heavy (non-hydrogen) atoms. The fraction of sp³-hybridized carbons (Fsp3) is 0.217. The van der Waals surface area contributed by atoms with Gasteiger partial charge in [-0.15, -0.1) is 0 Å². The summed E-state index contributed by atoms with van der Waals surface area (Å²) in [6.45, 7) is 1.65. The minimum atomic E-state index is -1.10. The number of hydrogen-bond acceptors (Lipinski definition) is 7. The van der Waals surface area contributed by atoms with E-state index in [-0.39, 0.29) is 28.5 Å². The molecule has 1 N–H and O–H groups in total. The van der Waals surface area contributed by atoms with Crippen LogP contribution in [0, 0.1) is 0 Å². The summed E-state index contributed by atoms with van der Waals surface area (Å²) in [6.07, 6.45) is -0.747. The number of amides is 1. The molecule has 9 heteroatoms. The van der Waals surface area contributed by atoms with Gasteiger partial charge in [-0.1, -0.05) is 42.1 Å². The van der Waals surface area contributed by atoms with E-state index in [0.717, 1.165) is 0 Å². The third-order valence-corrected chi connectivity index (χ3v) is 6.75. The average molecular weight is 453 g/mol. The molecule has 164 valence electrons. The Morgan fingerprint density at radius 3 is 2.19 bits per heavy atom. The molecule has 0 radical (unpaired) electrons. The standard InChI is InChI=1S/C23H19NO7S/c1-12-16(17(25)13-6-4-3-5-7-13)24-19(26)18(30-2)20(24)32-23(12)31-22(29)15-10-8-14(9-11-15)21(27)28/h3-11,18,20,23H,1-2H3,(H,27,28)/t18-,20+,23?/m0/s1. The van der Waals surface area contributed by atoms with E-state index in [1.54, 1.807) is 37.3 Å². The van der Waals surface area contributed by atoms with E-state index in [9.17, 15) is 19.2 Å². The Balaban J connectivity index is 1.65. The largest absolute Gasteiger partial charge is 0.478 e. The first kappa shape index (κ1) is 21.8. The number of allylic oxidation sites excluding steroid dienone is 1. The molecule has 2 aromatic rings. The van der Waals surface area contributed by atoms with Crippen molar-refractivity contribution in [2.75, 3.05) is 7.11 Å². The van der Waals surface area contributed by atoms with Crippen LogP contribution in [0.5, 0.6) is 0 Å². The number of benzene rings is 2. The monoisotopic (exact) mass is 453 g/mol. The number of β-lactam (4-membered cyclic amide) rings is 1. The normalized spacial score (nSPS) is 22.1. The van der Waals surface area contributed by atoms with Crippen molar-refractivity contribution >= 4 is 35.4 Å². The van der Waals surface area contributed by atoms with Gasteiger partial charge < -0.3 is 14.6 Å². The summed E-state index contributed by atoms with van der Waals surface area (Å²) in [7, 11) is 1.41. The zero-order valence-corrected chi connectivity index (χ0v) is 18.0. The van der Waals surface area contributed by atoms with E-state index >= 15 is 0 Å². The van der Waals surface area contributed by atoms with Crippen molar-refractivity contribution in [1.29, 1.82) is 0 Å². The molecule has 1 unspecified atom stereocenters. The van der Waals surface area contributed by atoms with Crippen LogP contribution in [0.2, 0.25) is 0 Å². The molecule has 0 spiro atoms. The Bertz CT molecular complexity index is 1130. The zero-order chi connectivity index (χ0) is 23.0. The highest BCUT2D eigenvalue weighted by molar-refractivity contribution is 8.00. The second-order valence-corrected chi connectivity index (χ2v) is 8.42. The fourth-order valence-electron chi connectivity index (χ4n) is 3.60. The van der Waals surface area contributed by atoms with Gasteiger partial charge >= 0.3 is 11.9 Å². The number of esters is 1. The van der Waals surface area contributed by atoms with Gasteiger partial charge in [0, 0.05) is 18.2 Å². The molecule has 2 aliphatic rings. The number of carbonyl (C=O) groups excluding carboxylic acids is 3. The van der Waals surface area contributed by atoms with Gasteiger partial charge in [0.15, 0.2) is 11.5 Å². The lowest BCUT2D eigenvalue weighted by Crippen LogP contribution is -2.66.